The van der Waals surface area contributed by atoms with Crippen molar-refractivity contribution in [1.29, 1.82) is 0 Å². The molecule has 3 aliphatic rings. The topological polar surface area (TPSA) is 94.6 Å². The number of nitrogens with one attached hydrogen (secondary N) is 2. The van der Waals surface area contributed by atoms with Crippen molar-refractivity contribution in [1.82, 2.24) is 20.5 Å². The summed E-state index contributed by atoms with van der Waals surface area (Å²) in [6.07, 6.45) is 5.42. The molecule has 2 N–H and O–H groups in total. The number of anilines is 2. The first-order valence-electron chi connectivity index (χ1n) is 13.1. The largest absolute Gasteiger partial charge is 0.351 e. The van der Waals surface area contributed by atoms with Gasteiger partial charge in [-0.2, -0.15) is 0 Å². The number of hydrogen-bond acceptors (Lipinski definition) is 5. The predicted molar refractivity (Wildman–Crippen MR) is 151 cm³/mol. The summed E-state index contributed by atoms with van der Waals surface area (Å²) in [5.41, 5.74) is 4.74. The molecule has 0 bridgehead atoms. The standard InChI is InChI=1S/C30H29N5O3S/c1-2-24(36)34-16-6-9-21(18-34)32-28(37)27-26-25-23(14-15-31-29(25)39-27)35(30(38)33-26)22-12-10-20(11-13-22)17-19-7-4-3-5-8-19/h2-5,7-8,10-15,21,26-27H,1,6,9,16-18H2,(H,32,37)(H,33,38)/t21?,26?,27-/m1/s1. The van der Waals surface area contributed by atoms with E-state index in [1.807, 2.05) is 48.5 Å². The highest BCUT2D eigenvalue weighted by atomic mass is 32.2. The zero-order valence-electron chi connectivity index (χ0n) is 21.4. The molecule has 39 heavy (non-hydrogen) atoms. The minimum Gasteiger partial charge on any atom is -0.351 e. The SMILES string of the molecule is C=CC(=O)N1CCCC(NC(=O)[C@@H]2Sc3nccc4c3C2NC(=O)N4c2ccc(Cc3ccccc3)cc2)C1. The van der Waals surface area contributed by atoms with Crippen LogP contribution in [0.5, 0.6) is 0 Å². The normalized spacial score (nSPS) is 21.6. The number of pyridine rings is 1. The monoisotopic (exact) mass is 539 g/mol. The first-order valence-corrected chi connectivity index (χ1v) is 14.0. The van der Waals surface area contributed by atoms with E-state index in [-0.39, 0.29) is 23.9 Å². The fourth-order valence-electron chi connectivity index (χ4n) is 5.58. The predicted octanol–water partition coefficient (Wildman–Crippen LogP) is 4.34. The summed E-state index contributed by atoms with van der Waals surface area (Å²) in [7, 11) is 0. The van der Waals surface area contributed by atoms with E-state index in [4.69, 9.17) is 0 Å². The number of nitrogens with zero attached hydrogens (tertiary/aromatic N) is 3. The Morgan fingerprint density at radius 2 is 1.87 bits per heavy atom. The summed E-state index contributed by atoms with van der Waals surface area (Å²) in [6.45, 7) is 4.68. The van der Waals surface area contributed by atoms with Gasteiger partial charge in [0.25, 0.3) is 0 Å². The highest BCUT2D eigenvalue weighted by Gasteiger charge is 2.47. The second-order valence-corrected chi connectivity index (χ2v) is 11.1. The number of benzene rings is 2. The molecule has 198 valence electrons. The highest BCUT2D eigenvalue weighted by molar-refractivity contribution is 8.01. The maximum absolute atomic E-state index is 13.4. The summed E-state index contributed by atoms with van der Waals surface area (Å²) in [5.74, 6) is -0.288. The van der Waals surface area contributed by atoms with Gasteiger partial charge in [0.1, 0.15) is 10.3 Å². The van der Waals surface area contributed by atoms with E-state index in [1.165, 1.54) is 23.4 Å². The van der Waals surface area contributed by atoms with Crippen molar-refractivity contribution in [2.45, 2.75) is 41.6 Å². The third-order valence-electron chi connectivity index (χ3n) is 7.46. The van der Waals surface area contributed by atoms with Gasteiger partial charge >= 0.3 is 6.03 Å². The number of likely N-dealkylation sites (tertiary alicyclic amines) is 1. The van der Waals surface area contributed by atoms with Crippen molar-refractivity contribution in [2.24, 2.45) is 0 Å². The van der Waals surface area contributed by atoms with Crippen LogP contribution in [0.25, 0.3) is 0 Å². The van der Waals surface area contributed by atoms with E-state index in [0.29, 0.717) is 13.1 Å². The number of amides is 4. The number of rotatable bonds is 6. The van der Waals surface area contributed by atoms with Crippen molar-refractivity contribution >= 4 is 41.0 Å². The zero-order chi connectivity index (χ0) is 26.9. The Hall–Kier alpha value is -4.11. The molecule has 0 spiro atoms. The molecule has 1 fully saturated rings. The van der Waals surface area contributed by atoms with Crippen LogP contribution in [0.3, 0.4) is 0 Å². The quantitative estimate of drug-likeness (QED) is 0.455. The van der Waals surface area contributed by atoms with Gasteiger partial charge in [-0.15, -0.1) is 0 Å². The maximum atomic E-state index is 13.4. The molecular formula is C30H29N5O3S. The van der Waals surface area contributed by atoms with Gasteiger partial charge in [0.05, 0.1) is 17.4 Å². The first-order chi connectivity index (χ1) is 19.0. The van der Waals surface area contributed by atoms with Crippen LogP contribution in [0.2, 0.25) is 0 Å². The molecule has 2 unspecified atom stereocenters. The molecule has 0 aliphatic carbocycles. The van der Waals surface area contributed by atoms with Gasteiger partial charge in [-0.05, 0) is 54.7 Å². The van der Waals surface area contributed by atoms with Crippen LogP contribution in [0, 0.1) is 0 Å². The number of carbonyl (C=O) groups excluding carboxylic acids is 3. The fraction of sp³-hybridized carbons (Fsp3) is 0.267. The molecule has 1 saturated heterocycles. The molecule has 4 heterocycles. The van der Waals surface area contributed by atoms with Gasteiger partial charge in [-0.25, -0.2) is 9.78 Å². The van der Waals surface area contributed by atoms with Crippen LogP contribution < -0.4 is 15.5 Å². The number of carbonyl (C=O) groups is 3. The molecule has 6 rings (SSSR count). The number of urea groups is 1. The van der Waals surface area contributed by atoms with Crippen molar-refractivity contribution in [3.63, 3.8) is 0 Å². The van der Waals surface area contributed by atoms with Crippen LogP contribution in [-0.2, 0) is 16.0 Å². The van der Waals surface area contributed by atoms with E-state index >= 15 is 0 Å². The lowest BCUT2D eigenvalue weighted by Crippen LogP contribution is -2.53. The highest BCUT2D eigenvalue weighted by Crippen LogP contribution is 2.50. The van der Waals surface area contributed by atoms with E-state index in [2.05, 4.69) is 34.3 Å². The Morgan fingerprint density at radius 3 is 2.64 bits per heavy atom. The summed E-state index contributed by atoms with van der Waals surface area (Å²) in [6, 6.07) is 19.2. The molecule has 4 amide bonds. The van der Waals surface area contributed by atoms with Crippen molar-refractivity contribution in [3.8, 4) is 0 Å². The molecular weight excluding hydrogens is 510 g/mol. The lowest BCUT2D eigenvalue weighted by molar-refractivity contribution is -0.129. The molecule has 3 atom stereocenters. The Balaban J connectivity index is 1.20. The van der Waals surface area contributed by atoms with Crippen LogP contribution in [-0.4, -0.2) is 52.1 Å². The molecule has 3 aliphatic heterocycles. The lowest BCUT2D eigenvalue weighted by atomic mass is 9.98. The molecule has 0 radical (unpaired) electrons. The summed E-state index contributed by atoms with van der Waals surface area (Å²) in [5, 5.41) is 6.39. The minimum absolute atomic E-state index is 0.127. The van der Waals surface area contributed by atoms with E-state index in [9.17, 15) is 14.4 Å². The third-order valence-corrected chi connectivity index (χ3v) is 8.75. The van der Waals surface area contributed by atoms with Crippen LogP contribution in [0.1, 0.15) is 35.6 Å². The van der Waals surface area contributed by atoms with Crippen molar-refractivity contribution in [3.05, 3.63) is 96.2 Å². The maximum Gasteiger partial charge on any atom is 0.327 e. The fourth-order valence-corrected chi connectivity index (χ4v) is 6.82. The number of aromatic nitrogens is 1. The summed E-state index contributed by atoms with van der Waals surface area (Å²) >= 11 is 1.37. The molecule has 0 saturated carbocycles. The second kappa shape index (κ2) is 10.6. The van der Waals surface area contributed by atoms with Crippen LogP contribution in [0.15, 0.2) is 84.5 Å². The van der Waals surface area contributed by atoms with Crippen molar-refractivity contribution < 1.29 is 14.4 Å². The molecule has 1 aromatic heterocycles. The van der Waals surface area contributed by atoms with Crippen molar-refractivity contribution in [2.75, 3.05) is 18.0 Å². The van der Waals surface area contributed by atoms with E-state index in [0.717, 1.165) is 46.8 Å². The minimum atomic E-state index is -0.543. The number of hydrogen-bond donors (Lipinski definition) is 2. The van der Waals surface area contributed by atoms with E-state index in [1.54, 1.807) is 16.0 Å². The van der Waals surface area contributed by atoms with Gasteiger partial charge in [0.2, 0.25) is 11.8 Å². The Morgan fingerprint density at radius 1 is 1.10 bits per heavy atom. The number of piperidine rings is 1. The first kappa shape index (κ1) is 25.2. The van der Waals surface area contributed by atoms with Gasteiger partial charge in [0.15, 0.2) is 0 Å². The number of thioether (sulfide) groups is 1. The van der Waals surface area contributed by atoms with E-state index < -0.39 is 11.3 Å². The van der Waals surface area contributed by atoms with Gasteiger partial charge in [-0.3, -0.25) is 14.5 Å². The molecule has 8 nitrogen and oxygen atoms in total. The average Bonchev–Trinajstić information content (AvgIpc) is 3.33. The summed E-state index contributed by atoms with van der Waals surface area (Å²) in [4.78, 5) is 46.8. The van der Waals surface area contributed by atoms with Gasteiger partial charge in [-0.1, -0.05) is 60.8 Å². The molecule has 9 heteroatoms. The average molecular weight is 540 g/mol. The van der Waals surface area contributed by atoms with Gasteiger partial charge < -0.3 is 15.5 Å². The van der Waals surface area contributed by atoms with Crippen LogP contribution in [0.4, 0.5) is 16.2 Å². The Kier molecular flexibility index (Phi) is 6.83. The lowest BCUT2D eigenvalue weighted by Gasteiger charge is -2.35. The zero-order valence-corrected chi connectivity index (χ0v) is 22.2. The Labute approximate surface area is 231 Å². The second-order valence-electron chi connectivity index (χ2n) is 10.0. The molecule has 3 aromatic rings. The van der Waals surface area contributed by atoms with Gasteiger partial charge in [0, 0.05) is 30.9 Å². The third kappa shape index (κ3) is 4.90. The smallest absolute Gasteiger partial charge is 0.327 e. The molecule has 2 aromatic carbocycles. The summed E-state index contributed by atoms with van der Waals surface area (Å²) < 4.78 is 0. The van der Waals surface area contributed by atoms with Crippen LogP contribution >= 0.6 is 11.8 Å². The Bertz CT molecular complexity index is 1430.